The monoisotopic (exact) mass is 497 g/mol. The molecule has 192 valence electrons. The summed E-state index contributed by atoms with van der Waals surface area (Å²) < 4.78 is 1.92. The van der Waals surface area contributed by atoms with Gasteiger partial charge in [0, 0.05) is 43.5 Å². The van der Waals surface area contributed by atoms with Crippen LogP contribution in [-0.4, -0.2) is 38.9 Å². The normalized spacial score (nSPS) is 11.3. The number of rotatable bonds is 10. The van der Waals surface area contributed by atoms with Gasteiger partial charge in [0.05, 0.1) is 11.4 Å². The summed E-state index contributed by atoms with van der Waals surface area (Å²) in [7, 11) is 0. The number of benzene rings is 2. The Morgan fingerprint density at radius 3 is 2.32 bits per heavy atom. The summed E-state index contributed by atoms with van der Waals surface area (Å²) in [5, 5.41) is 20.7. The number of hydrogen-bond acceptors (Lipinski definition) is 5. The number of nitrogens with one attached hydrogen (secondary N) is 2. The molecule has 0 aliphatic rings. The van der Waals surface area contributed by atoms with Crippen molar-refractivity contribution in [3.05, 3.63) is 90.3 Å². The second-order valence-electron chi connectivity index (χ2n) is 10.2. The highest BCUT2D eigenvalue weighted by atomic mass is 16.3. The lowest BCUT2D eigenvalue weighted by Gasteiger charge is -2.19. The molecule has 2 aromatic heterocycles. The maximum Gasteiger partial charge on any atom is 0.220 e. The minimum atomic E-state index is 0.0318. The van der Waals surface area contributed by atoms with Crippen LogP contribution in [0.3, 0.4) is 0 Å². The quantitative estimate of drug-likeness (QED) is 0.252. The molecule has 2 aromatic carbocycles. The second-order valence-corrected chi connectivity index (χ2v) is 10.2. The van der Waals surface area contributed by atoms with E-state index in [0.717, 1.165) is 34.7 Å². The highest BCUT2D eigenvalue weighted by Crippen LogP contribution is 2.27. The molecular weight excluding hydrogens is 462 g/mol. The largest absolute Gasteiger partial charge is 0.508 e. The summed E-state index contributed by atoms with van der Waals surface area (Å²) in [6.45, 7) is 7.83. The van der Waals surface area contributed by atoms with E-state index in [1.165, 1.54) is 5.56 Å². The molecule has 7 heteroatoms. The number of phenols is 1. The molecule has 0 saturated heterocycles. The van der Waals surface area contributed by atoms with Crippen LogP contribution in [0, 0.1) is 0 Å². The number of pyridine rings is 1. The maximum absolute atomic E-state index is 12.3. The predicted molar refractivity (Wildman–Crippen MR) is 148 cm³/mol. The molecule has 0 unspecified atom stereocenters. The first-order chi connectivity index (χ1) is 17.8. The van der Waals surface area contributed by atoms with E-state index in [1.54, 1.807) is 24.5 Å². The Morgan fingerprint density at radius 2 is 1.65 bits per heavy atom. The Morgan fingerprint density at radius 1 is 0.946 bits per heavy atom. The van der Waals surface area contributed by atoms with Crippen molar-refractivity contribution in [3.63, 3.8) is 0 Å². The zero-order valence-electron chi connectivity index (χ0n) is 21.7. The number of aromatic hydroxyl groups is 1. The van der Waals surface area contributed by atoms with Gasteiger partial charge in [-0.15, -0.1) is 0 Å². The number of carbonyl (C=O) groups is 1. The van der Waals surface area contributed by atoms with Crippen molar-refractivity contribution in [1.82, 2.24) is 20.1 Å². The van der Waals surface area contributed by atoms with Crippen molar-refractivity contribution in [1.29, 1.82) is 0 Å². The molecule has 1 amide bonds. The third kappa shape index (κ3) is 7.19. The Labute approximate surface area is 218 Å². The van der Waals surface area contributed by atoms with Gasteiger partial charge in [0.2, 0.25) is 5.91 Å². The molecule has 0 radical (unpaired) electrons. The first-order valence-corrected chi connectivity index (χ1v) is 12.7. The van der Waals surface area contributed by atoms with E-state index in [4.69, 9.17) is 5.10 Å². The van der Waals surface area contributed by atoms with Gasteiger partial charge < -0.3 is 15.7 Å². The molecule has 3 N–H and O–H groups in total. The highest BCUT2D eigenvalue weighted by Gasteiger charge is 2.15. The first-order valence-electron chi connectivity index (χ1n) is 12.7. The van der Waals surface area contributed by atoms with Crippen LogP contribution < -0.4 is 10.6 Å². The maximum atomic E-state index is 12.3. The van der Waals surface area contributed by atoms with E-state index in [2.05, 4.69) is 60.7 Å². The van der Waals surface area contributed by atoms with Crippen molar-refractivity contribution in [2.45, 2.75) is 45.4 Å². The number of phenolic OH excluding ortho intramolecular Hbond substituents is 1. The number of carbonyl (C=O) groups excluding carboxylic acids is 1. The van der Waals surface area contributed by atoms with E-state index < -0.39 is 0 Å². The summed E-state index contributed by atoms with van der Waals surface area (Å²) >= 11 is 0. The third-order valence-electron chi connectivity index (χ3n) is 6.22. The van der Waals surface area contributed by atoms with Crippen molar-refractivity contribution >= 4 is 11.7 Å². The fraction of sp³-hybridized carbons (Fsp3) is 0.300. The van der Waals surface area contributed by atoms with Crippen molar-refractivity contribution in [3.8, 4) is 22.7 Å². The summed E-state index contributed by atoms with van der Waals surface area (Å²) in [6.07, 6.45) is 5.40. The van der Waals surface area contributed by atoms with Gasteiger partial charge >= 0.3 is 0 Å². The third-order valence-corrected chi connectivity index (χ3v) is 6.22. The first kappa shape index (κ1) is 25.9. The van der Waals surface area contributed by atoms with Gasteiger partial charge in [-0.05, 0) is 65.8 Å². The molecule has 0 bridgehead atoms. The lowest BCUT2D eigenvalue weighted by atomic mass is 9.87. The lowest BCUT2D eigenvalue weighted by molar-refractivity contribution is -0.121. The fourth-order valence-corrected chi connectivity index (χ4v) is 4.03. The zero-order valence-corrected chi connectivity index (χ0v) is 21.7. The molecular formula is C30H35N5O2. The van der Waals surface area contributed by atoms with Crippen LogP contribution in [0.25, 0.3) is 16.9 Å². The van der Waals surface area contributed by atoms with Crippen molar-refractivity contribution in [2.24, 2.45) is 0 Å². The van der Waals surface area contributed by atoms with Crippen molar-refractivity contribution < 1.29 is 9.90 Å². The summed E-state index contributed by atoms with van der Waals surface area (Å²) in [4.78, 5) is 16.4. The van der Waals surface area contributed by atoms with Crippen LogP contribution in [-0.2, 0) is 16.6 Å². The minimum absolute atomic E-state index is 0.0318. The standard InChI is InChI=1S/C30H35N5O2/c1-30(2,3)24-8-10-25(11-9-24)35-28(21-27(34-35)23-15-18-31-19-16-23)32-17-4-5-29(37)33-20-14-22-6-12-26(36)13-7-22/h6-13,15-16,18-19,21,32,36H,4-5,14,17,20H2,1-3H3,(H,33,37). The predicted octanol–water partition coefficient (Wildman–Crippen LogP) is 5.49. The highest BCUT2D eigenvalue weighted by molar-refractivity contribution is 5.75. The van der Waals surface area contributed by atoms with Gasteiger partial charge in [0.25, 0.3) is 0 Å². The van der Waals surface area contributed by atoms with E-state index >= 15 is 0 Å². The average Bonchev–Trinajstić information content (AvgIpc) is 3.32. The lowest BCUT2D eigenvalue weighted by Crippen LogP contribution is -2.26. The van der Waals surface area contributed by atoms with Gasteiger partial charge in [-0.1, -0.05) is 45.0 Å². The van der Waals surface area contributed by atoms with Crippen LogP contribution >= 0.6 is 0 Å². The summed E-state index contributed by atoms with van der Waals surface area (Å²) in [5.41, 5.74) is 5.25. The van der Waals surface area contributed by atoms with E-state index in [1.807, 2.05) is 35.0 Å². The SMILES string of the molecule is CC(C)(C)c1ccc(-n2nc(-c3ccncc3)cc2NCCCC(=O)NCCc2ccc(O)cc2)cc1. The molecule has 7 nitrogen and oxygen atoms in total. The van der Waals surface area contributed by atoms with E-state index in [-0.39, 0.29) is 17.1 Å². The molecule has 0 spiro atoms. The summed E-state index contributed by atoms with van der Waals surface area (Å²) in [5.74, 6) is 1.16. The van der Waals surface area contributed by atoms with E-state index in [0.29, 0.717) is 25.9 Å². The number of hydrogen-bond donors (Lipinski definition) is 3. The van der Waals surface area contributed by atoms with Crippen LogP contribution in [0.1, 0.15) is 44.7 Å². The van der Waals surface area contributed by atoms with Gasteiger partial charge in [0.1, 0.15) is 11.6 Å². The van der Waals surface area contributed by atoms with E-state index in [9.17, 15) is 9.90 Å². The number of nitrogens with zero attached hydrogens (tertiary/aromatic N) is 3. The molecule has 0 aliphatic heterocycles. The Balaban J connectivity index is 1.36. The molecule has 37 heavy (non-hydrogen) atoms. The molecule has 4 rings (SSSR count). The molecule has 0 atom stereocenters. The Bertz CT molecular complexity index is 1290. The van der Waals surface area contributed by atoms with Crippen LogP contribution in [0.2, 0.25) is 0 Å². The van der Waals surface area contributed by atoms with Gasteiger partial charge in [0.15, 0.2) is 0 Å². The smallest absolute Gasteiger partial charge is 0.220 e. The van der Waals surface area contributed by atoms with Crippen LogP contribution in [0.15, 0.2) is 79.1 Å². The van der Waals surface area contributed by atoms with Crippen LogP contribution in [0.5, 0.6) is 5.75 Å². The zero-order chi connectivity index (χ0) is 26.3. The number of anilines is 1. The summed E-state index contributed by atoms with van der Waals surface area (Å²) in [6, 6.07) is 21.5. The topological polar surface area (TPSA) is 92.1 Å². The average molecular weight is 498 g/mol. The molecule has 0 fully saturated rings. The van der Waals surface area contributed by atoms with Gasteiger partial charge in [-0.25, -0.2) is 4.68 Å². The molecule has 0 aliphatic carbocycles. The molecule has 0 saturated carbocycles. The second kappa shape index (κ2) is 11.7. The number of amides is 1. The molecule has 2 heterocycles. The Hall–Kier alpha value is -4.13. The van der Waals surface area contributed by atoms with Crippen LogP contribution in [0.4, 0.5) is 5.82 Å². The minimum Gasteiger partial charge on any atom is -0.508 e. The molecule has 4 aromatic rings. The van der Waals surface area contributed by atoms with Gasteiger partial charge in [-0.3, -0.25) is 9.78 Å². The fourth-order valence-electron chi connectivity index (χ4n) is 4.03. The Kier molecular flexibility index (Phi) is 8.23. The number of aromatic nitrogens is 3. The van der Waals surface area contributed by atoms with Gasteiger partial charge in [-0.2, -0.15) is 5.10 Å². The van der Waals surface area contributed by atoms with Crippen molar-refractivity contribution in [2.75, 3.05) is 18.4 Å².